The first kappa shape index (κ1) is 8.22. The largest absolute Gasteiger partial charge is 0.295 e. The molecule has 0 spiro atoms. The van der Waals surface area contributed by atoms with Gasteiger partial charge < -0.3 is 0 Å². The molecule has 0 atom stereocenters. The molecule has 2 rings (SSSR count). The lowest BCUT2D eigenvalue weighted by atomic mass is 10.5. The predicted molar refractivity (Wildman–Crippen MR) is 51.0 cm³/mol. The Morgan fingerprint density at radius 2 is 2.50 bits per heavy atom. The monoisotopic (exact) mass is 264 g/mol. The van der Waals surface area contributed by atoms with Gasteiger partial charge in [0.25, 0.3) is 5.24 Å². The molecule has 0 aliphatic heterocycles. The van der Waals surface area contributed by atoms with Crippen LogP contribution in [0.1, 0.15) is 10.5 Å². The van der Waals surface area contributed by atoms with Crippen molar-refractivity contribution in [2.24, 2.45) is 0 Å². The van der Waals surface area contributed by atoms with E-state index in [4.69, 9.17) is 11.6 Å². The van der Waals surface area contributed by atoms with Gasteiger partial charge in [-0.2, -0.15) is 0 Å². The summed E-state index contributed by atoms with van der Waals surface area (Å²) in [5.74, 6) is 0. The fraction of sp³-hybridized carbons (Fsp3) is 0. The Hall–Kier alpha value is -0.390. The average molecular weight is 266 g/mol. The number of aromatic nitrogens is 2. The van der Waals surface area contributed by atoms with Gasteiger partial charge >= 0.3 is 0 Å². The van der Waals surface area contributed by atoms with E-state index in [0.29, 0.717) is 5.69 Å². The fourth-order valence-electron chi connectivity index (χ4n) is 0.906. The standard InChI is InChI=1S/C6H2BrClN2OS/c7-3-1-10-2-9-4(5(8)11)6(10)12-3/h1-2H. The summed E-state index contributed by atoms with van der Waals surface area (Å²) in [4.78, 5) is 15.4. The number of hydrogen-bond donors (Lipinski definition) is 0. The van der Waals surface area contributed by atoms with E-state index in [9.17, 15) is 4.79 Å². The van der Waals surface area contributed by atoms with E-state index in [1.165, 1.54) is 11.3 Å². The zero-order valence-electron chi connectivity index (χ0n) is 5.62. The van der Waals surface area contributed by atoms with Crippen molar-refractivity contribution in [2.45, 2.75) is 0 Å². The van der Waals surface area contributed by atoms with Gasteiger partial charge in [0.05, 0.1) is 3.79 Å². The Kier molecular flexibility index (Phi) is 1.94. The van der Waals surface area contributed by atoms with E-state index >= 15 is 0 Å². The number of halogens is 2. The summed E-state index contributed by atoms with van der Waals surface area (Å²) in [5, 5.41) is -0.521. The second kappa shape index (κ2) is 2.83. The lowest BCUT2D eigenvalue weighted by molar-refractivity contribution is 0.107. The minimum Gasteiger partial charge on any atom is -0.295 e. The van der Waals surface area contributed by atoms with Gasteiger partial charge in [0.15, 0.2) is 5.69 Å². The first-order valence-electron chi connectivity index (χ1n) is 3.00. The molecule has 0 aliphatic rings. The molecule has 0 bridgehead atoms. The summed E-state index contributed by atoms with van der Waals surface area (Å²) in [6.07, 6.45) is 3.39. The summed E-state index contributed by atoms with van der Waals surface area (Å²) < 4.78 is 2.70. The number of nitrogens with zero attached hydrogens (tertiary/aromatic N) is 2. The molecule has 0 amide bonds. The van der Waals surface area contributed by atoms with Crippen LogP contribution in [0.3, 0.4) is 0 Å². The molecule has 3 nitrogen and oxygen atoms in total. The Labute approximate surface area is 85.1 Å². The zero-order valence-corrected chi connectivity index (χ0v) is 8.78. The molecule has 0 unspecified atom stereocenters. The summed E-state index contributed by atoms with van der Waals surface area (Å²) in [5.41, 5.74) is 0.312. The van der Waals surface area contributed by atoms with E-state index < -0.39 is 5.24 Å². The summed E-state index contributed by atoms with van der Waals surface area (Å²) >= 11 is 10.0. The number of thiazole rings is 1. The van der Waals surface area contributed by atoms with Crippen LogP contribution in [0.4, 0.5) is 0 Å². The third-order valence-electron chi connectivity index (χ3n) is 1.37. The Morgan fingerprint density at radius 3 is 3.17 bits per heavy atom. The van der Waals surface area contributed by atoms with Crippen molar-refractivity contribution >= 4 is 48.9 Å². The second-order valence-corrected chi connectivity index (χ2v) is 4.87. The highest BCUT2D eigenvalue weighted by Gasteiger charge is 2.12. The summed E-state index contributed by atoms with van der Waals surface area (Å²) in [6, 6.07) is 0. The zero-order chi connectivity index (χ0) is 8.72. The Balaban J connectivity index is 2.76. The Morgan fingerprint density at radius 1 is 1.75 bits per heavy atom. The minimum absolute atomic E-state index is 0.312. The van der Waals surface area contributed by atoms with Crippen molar-refractivity contribution < 1.29 is 4.79 Å². The van der Waals surface area contributed by atoms with E-state index in [-0.39, 0.29) is 0 Å². The maximum Gasteiger partial charge on any atom is 0.273 e. The number of carbonyl (C=O) groups is 1. The third-order valence-corrected chi connectivity index (χ3v) is 3.14. The van der Waals surface area contributed by atoms with Crippen LogP contribution < -0.4 is 0 Å². The van der Waals surface area contributed by atoms with Crippen LogP contribution in [0.25, 0.3) is 4.83 Å². The fourth-order valence-corrected chi connectivity index (χ4v) is 2.58. The van der Waals surface area contributed by atoms with Crippen LogP contribution in [-0.2, 0) is 0 Å². The van der Waals surface area contributed by atoms with Crippen molar-refractivity contribution in [1.29, 1.82) is 0 Å². The van der Waals surface area contributed by atoms with Gasteiger partial charge in [-0.3, -0.25) is 9.20 Å². The van der Waals surface area contributed by atoms with Crippen LogP contribution in [-0.4, -0.2) is 14.6 Å². The number of carbonyl (C=O) groups excluding carboxylic acids is 1. The van der Waals surface area contributed by atoms with Crippen LogP contribution >= 0.6 is 38.9 Å². The van der Waals surface area contributed by atoms with Gasteiger partial charge in [-0.05, 0) is 27.5 Å². The molecule has 2 heterocycles. The predicted octanol–water partition coefficient (Wildman–Crippen LogP) is 2.54. The summed E-state index contributed by atoms with van der Waals surface area (Å²) in [7, 11) is 0. The second-order valence-electron chi connectivity index (χ2n) is 2.11. The molecule has 0 saturated heterocycles. The highest BCUT2D eigenvalue weighted by atomic mass is 79.9. The van der Waals surface area contributed by atoms with Gasteiger partial charge in [0.2, 0.25) is 0 Å². The first-order chi connectivity index (χ1) is 5.68. The van der Waals surface area contributed by atoms with Crippen molar-refractivity contribution in [1.82, 2.24) is 9.38 Å². The van der Waals surface area contributed by atoms with Gasteiger partial charge in [-0.25, -0.2) is 4.98 Å². The molecule has 0 aliphatic carbocycles. The minimum atomic E-state index is -0.521. The number of fused-ring (bicyclic) bond motifs is 1. The summed E-state index contributed by atoms with van der Waals surface area (Å²) in [6.45, 7) is 0. The van der Waals surface area contributed by atoms with E-state index in [1.807, 2.05) is 6.20 Å². The molecule has 62 valence electrons. The Bertz CT molecular complexity index is 449. The molecule has 2 aromatic heterocycles. The van der Waals surface area contributed by atoms with E-state index in [2.05, 4.69) is 20.9 Å². The van der Waals surface area contributed by atoms with Crippen LogP contribution in [0, 0.1) is 0 Å². The van der Waals surface area contributed by atoms with Gasteiger partial charge in [0.1, 0.15) is 11.2 Å². The van der Waals surface area contributed by atoms with Gasteiger partial charge in [-0.15, -0.1) is 11.3 Å². The highest BCUT2D eigenvalue weighted by Crippen LogP contribution is 2.26. The first-order valence-corrected chi connectivity index (χ1v) is 4.99. The molecule has 0 saturated carbocycles. The number of rotatable bonds is 1. The van der Waals surface area contributed by atoms with Crippen LogP contribution in [0.5, 0.6) is 0 Å². The van der Waals surface area contributed by atoms with Crippen LogP contribution in [0.2, 0.25) is 0 Å². The van der Waals surface area contributed by atoms with Crippen molar-refractivity contribution in [3.05, 3.63) is 22.0 Å². The van der Waals surface area contributed by atoms with E-state index in [1.54, 1.807) is 10.7 Å². The maximum absolute atomic E-state index is 10.8. The molecule has 2 aromatic rings. The van der Waals surface area contributed by atoms with Crippen molar-refractivity contribution in [3.8, 4) is 0 Å². The van der Waals surface area contributed by atoms with E-state index in [0.717, 1.165) is 8.62 Å². The quantitative estimate of drug-likeness (QED) is 0.743. The molecule has 0 aromatic carbocycles. The van der Waals surface area contributed by atoms with Gasteiger partial charge in [-0.1, -0.05) is 0 Å². The van der Waals surface area contributed by atoms with Crippen molar-refractivity contribution in [3.63, 3.8) is 0 Å². The molecule has 0 fully saturated rings. The SMILES string of the molecule is O=C(Cl)c1ncn2cc(Br)sc12. The molecule has 12 heavy (non-hydrogen) atoms. The average Bonchev–Trinajstić information content (AvgIpc) is 2.43. The lowest BCUT2D eigenvalue weighted by Gasteiger charge is -1.81. The molecule has 0 N–H and O–H groups in total. The van der Waals surface area contributed by atoms with Crippen LogP contribution in [0.15, 0.2) is 16.3 Å². The normalized spacial score (nSPS) is 10.8. The topological polar surface area (TPSA) is 34.4 Å². The molecular formula is C6H2BrClN2OS. The van der Waals surface area contributed by atoms with Crippen molar-refractivity contribution in [2.75, 3.05) is 0 Å². The molecule has 0 radical (unpaired) electrons. The maximum atomic E-state index is 10.8. The number of imidazole rings is 1. The molecular weight excluding hydrogens is 264 g/mol. The number of hydrogen-bond acceptors (Lipinski definition) is 3. The highest BCUT2D eigenvalue weighted by molar-refractivity contribution is 9.11. The lowest BCUT2D eigenvalue weighted by Crippen LogP contribution is -1.87. The van der Waals surface area contributed by atoms with Gasteiger partial charge in [0, 0.05) is 6.20 Å². The smallest absolute Gasteiger partial charge is 0.273 e. The third kappa shape index (κ3) is 1.18. The molecule has 6 heteroatoms.